The minimum Gasteiger partial charge on any atom is -0.381 e. The lowest BCUT2D eigenvalue weighted by Gasteiger charge is -2.42. The van der Waals surface area contributed by atoms with Crippen LogP contribution in [0.1, 0.15) is 46.5 Å². The highest BCUT2D eigenvalue weighted by molar-refractivity contribution is 5.91. The molecule has 0 saturated heterocycles. The minimum atomic E-state index is -1.01. The van der Waals surface area contributed by atoms with Gasteiger partial charge in [0.2, 0.25) is 0 Å². The molecule has 16 heavy (non-hydrogen) atoms. The van der Waals surface area contributed by atoms with Crippen molar-refractivity contribution in [1.82, 2.24) is 0 Å². The summed E-state index contributed by atoms with van der Waals surface area (Å²) in [4.78, 5) is 12.1. The number of hydrogen-bond donors (Lipinski definition) is 1. The predicted octanol–water partition coefficient (Wildman–Crippen LogP) is 2.46. The molecular weight excluding hydrogens is 200 g/mol. The molecule has 1 unspecified atom stereocenters. The molecule has 2 heteroatoms. The quantitative estimate of drug-likeness (QED) is 0.637. The van der Waals surface area contributed by atoms with Gasteiger partial charge in [0.05, 0.1) is 0 Å². The molecule has 0 spiro atoms. The molecule has 3 aliphatic carbocycles. The Morgan fingerprint density at radius 2 is 2.12 bits per heavy atom. The van der Waals surface area contributed by atoms with Crippen LogP contribution >= 0.6 is 0 Å². The van der Waals surface area contributed by atoms with E-state index in [4.69, 9.17) is 0 Å². The van der Waals surface area contributed by atoms with E-state index in [9.17, 15) is 9.90 Å². The maximum Gasteiger partial charge on any atom is 0.165 e. The highest BCUT2D eigenvalue weighted by Gasteiger charge is 2.69. The van der Waals surface area contributed by atoms with Crippen LogP contribution in [0.2, 0.25) is 0 Å². The van der Waals surface area contributed by atoms with Gasteiger partial charge in [-0.2, -0.15) is 0 Å². The predicted molar refractivity (Wildman–Crippen MR) is 61.9 cm³/mol. The van der Waals surface area contributed by atoms with Crippen LogP contribution in [-0.2, 0) is 4.79 Å². The molecule has 2 nitrogen and oxygen atoms in total. The smallest absolute Gasteiger partial charge is 0.165 e. The molecule has 0 aliphatic heterocycles. The fourth-order valence-electron chi connectivity index (χ4n) is 4.61. The maximum atomic E-state index is 12.1. The third kappa shape index (κ3) is 0.912. The maximum absolute atomic E-state index is 12.1. The van der Waals surface area contributed by atoms with Gasteiger partial charge in [0, 0.05) is 11.8 Å². The molecule has 3 fully saturated rings. The highest BCUT2D eigenvalue weighted by atomic mass is 16.3. The summed E-state index contributed by atoms with van der Waals surface area (Å²) in [7, 11) is 0. The van der Waals surface area contributed by atoms with E-state index in [-0.39, 0.29) is 11.2 Å². The fourth-order valence-corrected chi connectivity index (χ4v) is 4.61. The summed E-state index contributed by atoms with van der Waals surface area (Å²) in [5, 5.41) is 10.7. The molecule has 4 bridgehead atoms. The minimum absolute atomic E-state index is 0.102. The summed E-state index contributed by atoms with van der Waals surface area (Å²) in [5.74, 6) is 1.08. The molecule has 0 aromatic rings. The fraction of sp³-hybridized carbons (Fsp3) is 0.786. The van der Waals surface area contributed by atoms with Crippen LogP contribution in [0.15, 0.2) is 11.1 Å². The average Bonchev–Trinajstić information content (AvgIpc) is 2.53. The van der Waals surface area contributed by atoms with Gasteiger partial charge < -0.3 is 5.11 Å². The number of rotatable bonds is 0. The van der Waals surface area contributed by atoms with Crippen molar-refractivity contribution in [2.24, 2.45) is 17.3 Å². The zero-order valence-corrected chi connectivity index (χ0v) is 10.3. The van der Waals surface area contributed by atoms with Crippen LogP contribution in [0.4, 0.5) is 0 Å². The van der Waals surface area contributed by atoms with E-state index in [1.807, 2.05) is 0 Å². The Labute approximate surface area is 96.7 Å². The van der Waals surface area contributed by atoms with E-state index in [0.29, 0.717) is 24.7 Å². The van der Waals surface area contributed by atoms with Crippen LogP contribution in [-0.4, -0.2) is 16.5 Å². The molecule has 1 N–H and O–H groups in total. The summed E-state index contributed by atoms with van der Waals surface area (Å²) >= 11 is 0. The molecule has 0 radical (unpaired) electrons. The topological polar surface area (TPSA) is 37.3 Å². The standard InChI is InChI=1S/C14H20O2/c1-8(2)10-7-13(3)11-4-5-14(13,16)12(15)6-9(10)11/h9,11,16H,4-7H2,1-3H3/t9?,11-,13+,14+/m1/s1. The van der Waals surface area contributed by atoms with Crippen molar-refractivity contribution >= 4 is 5.78 Å². The van der Waals surface area contributed by atoms with Gasteiger partial charge in [-0.3, -0.25) is 4.79 Å². The monoisotopic (exact) mass is 220 g/mol. The lowest BCUT2D eigenvalue weighted by molar-refractivity contribution is -0.155. The van der Waals surface area contributed by atoms with Gasteiger partial charge in [-0.05, 0) is 44.9 Å². The van der Waals surface area contributed by atoms with Crippen LogP contribution in [0.5, 0.6) is 0 Å². The summed E-state index contributed by atoms with van der Waals surface area (Å²) in [6.07, 6.45) is 3.24. The molecule has 0 amide bonds. The average molecular weight is 220 g/mol. The second-order valence-corrected chi connectivity index (χ2v) is 6.36. The van der Waals surface area contributed by atoms with Crippen molar-refractivity contribution in [3.8, 4) is 0 Å². The number of ketones is 1. The van der Waals surface area contributed by atoms with Crippen molar-refractivity contribution in [2.75, 3.05) is 0 Å². The zero-order valence-electron chi connectivity index (χ0n) is 10.3. The van der Waals surface area contributed by atoms with Gasteiger partial charge in [0.15, 0.2) is 5.78 Å². The first-order valence-electron chi connectivity index (χ1n) is 6.32. The van der Waals surface area contributed by atoms with Gasteiger partial charge >= 0.3 is 0 Å². The summed E-state index contributed by atoms with van der Waals surface area (Å²) < 4.78 is 0. The molecule has 0 aromatic heterocycles. The van der Waals surface area contributed by atoms with E-state index < -0.39 is 5.60 Å². The molecule has 88 valence electrons. The first kappa shape index (κ1) is 10.5. The Hall–Kier alpha value is -0.630. The summed E-state index contributed by atoms with van der Waals surface area (Å²) in [6.45, 7) is 6.41. The third-order valence-electron chi connectivity index (χ3n) is 5.58. The highest BCUT2D eigenvalue weighted by Crippen LogP contribution is 2.68. The van der Waals surface area contributed by atoms with Crippen molar-refractivity contribution in [2.45, 2.75) is 52.1 Å². The van der Waals surface area contributed by atoms with E-state index in [1.165, 1.54) is 11.1 Å². The van der Waals surface area contributed by atoms with Crippen LogP contribution in [0, 0.1) is 17.3 Å². The number of carbonyl (C=O) groups excluding carboxylic acids is 1. The van der Waals surface area contributed by atoms with E-state index in [1.54, 1.807) is 0 Å². The largest absolute Gasteiger partial charge is 0.381 e. The number of Topliss-reactive ketones (excluding diaryl/α,β-unsaturated/α-hetero) is 1. The van der Waals surface area contributed by atoms with Crippen LogP contribution < -0.4 is 0 Å². The van der Waals surface area contributed by atoms with Crippen molar-refractivity contribution in [3.05, 3.63) is 11.1 Å². The number of hydrogen-bond acceptors (Lipinski definition) is 2. The Kier molecular flexibility index (Phi) is 1.83. The summed E-state index contributed by atoms with van der Waals surface area (Å²) in [5.41, 5.74) is 1.64. The van der Waals surface area contributed by atoms with E-state index >= 15 is 0 Å². The Morgan fingerprint density at radius 3 is 2.75 bits per heavy atom. The molecule has 3 saturated carbocycles. The van der Waals surface area contributed by atoms with E-state index in [2.05, 4.69) is 20.8 Å². The Bertz CT molecular complexity index is 405. The van der Waals surface area contributed by atoms with Crippen LogP contribution in [0.3, 0.4) is 0 Å². The van der Waals surface area contributed by atoms with Crippen molar-refractivity contribution in [1.29, 1.82) is 0 Å². The van der Waals surface area contributed by atoms with Gasteiger partial charge in [0.1, 0.15) is 5.60 Å². The van der Waals surface area contributed by atoms with Gasteiger partial charge in [-0.25, -0.2) is 0 Å². The molecule has 3 aliphatic rings. The van der Waals surface area contributed by atoms with Gasteiger partial charge in [0.25, 0.3) is 0 Å². The lowest BCUT2D eigenvalue weighted by atomic mass is 9.64. The molecule has 3 rings (SSSR count). The Morgan fingerprint density at radius 1 is 1.44 bits per heavy atom. The third-order valence-corrected chi connectivity index (χ3v) is 5.58. The molecule has 0 aromatic carbocycles. The number of allylic oxidation sites excluding steroid dienone is 2. The van der Waals surface area contributed by atoms with Crippen molar-refractivity contribution < 1.29 is 9.90 Å². The summed E-state index contributed by atoms with van der Waals surface area (Å²) in [6, 6.07) is 0. The SMILES string of the molecule is CC(C)=C1C[C@@]2(C)[C@@H]3CC[C@]2(O)C(=O)CC13. The normalized spacial score (nSPS) is 50.0. The van der Waals surface area contributed by atoms with Gasteiger partial charge in [-0.1, -0.05) is 18.1 Å². The lowest BCUT2D eigenvalue weighted by Crippen LogP contribution is -2.52. The van der Waals surface area contributed by atoms with Crippen molar-refractivity contribution in [3.63, 3.8) is 0 Å². The van der Waals surface area contributed by atoms with E-state index in [0.717, 1.165) is 12.8 Å². The zero-order chi connectivity index (χ0) is 11.7. The van der Waals surface area contributed by atoms with Crippen LogP contribution in [0.25, 0.3) is 0 Å². The first-order valence-corrected chi connectivity index (χ1v) is 6.32. The van der Waals surface area contributed by atoms with Gasteiger partial charge in [-0.15, -0.1) is 0 Å². The molecule has 0 heterocycles. The second kappa shape index (κ2) is 2.79. The molecular formula is C14H20O2. The first-order chi connectivity index (χ1) is 7.40. The number of aliphatic hydroxyl groups is 1. The Balaban J connectivity index is 2.17. The molecule has 4 atom stereocenters. The second-order valence-electron chi connectivity index (χ2n) is 6.36. The number of carbonyl (C=O) groups is 1.